The molecule has 0 aliphatic heterocycles. The highest BCUT2D eigenvalue weighted by Crippen LogP contribution is 2.38. The lowest BCUT2D eigenvalue weighted by Gasteiger charge is -2.27. The van der Waals surface area contributed by atoms with Crippen molar-refractivity contribution in [3.8, 4) is 0 Å². The number of aryl methyl sites for hydroxylation is 1. The van der Waals surface area contributed by atoms with E-state index in [1.807, 2.05) is 31.2 Å². The number of furan rings is 1. The first-order chi connectivity index (χ1) is 9.29. The molecule has 1 aromatic carbocycles. The molecule has 0 radical (unpaired) electrons. The number of carbonyl (C=O) groups is 1. The van der Waals surface area contributed by atoms with Gasteiger partial charge in [0.25, 0.3) is 0 Å². The molecule has 0 unspecified atom stereocenters. The molecule has 3 rings (SSSR count). The Morgan fingerprint density at radius 3 is 2.63 bits per heavy atom. The van der Waals surface area contributed by atoms with Crippen LogP contribution in [0.1, 0.15) is 59.5 Å². The second-order valence-electron chi connectivity index (χ2n) is 5.16. The second kappa shape index (κ2) is 5.04. The van der Waals surface area contributed by atoms with Crippen LogP contribution in [0.25, 0.3) is 0 Å². The normalized spacial score (nSPS) is 15.2. The van der Waals surface area contributed by atoms with E-state index in [9.17, 15) is 4.79 Å². The number of hydrogen-bond donors (Lipinski definition) is 0. The summed E-state index contributed by atoms with van der Waals surface area (Å²) < 4.78 is 5.59. The molecule has 19 heavy (non-hydrogen) atoms. The van der Waals surface area contributed by atoms with Crippen LogP contribution in [-0.4, -0.2) is 5.78 Å². The van der Waals surface area contributed by atoms with Crippen molar-refractivity contribution in [1.82, 2.24) is 0 Å². The van der Waals surface area contributed by atoms with Crippen LogP contribution in [0.5, 0.6) is 0 Å². The standard InChI is InChI=1S/C17H18O2/c1-2-13-10-11-16(19-13)17(18)15-9-4-3-8-14(15)12-6-5-7-12/h3-4,8-12H,2,5-7H2,1H3. The van der Waals surface area contributed by atoms with E-state index in [0.29, 0.717) is 11.7 Å². The topological polar surface area (TPSA) is 30.2 Å². The molecule has 1 aromatic heterocycles. The van der Waals surface area contributed by atoms with Crippen molar-refractivity contribution in [3.63, 3.8) is 0 Å². The lowest BCUT2D eigenvalue weighted by Crippen LogP contribution is -2.14. The summed E-state index contributed by atoms with van der Waals surface area (Å²) in [6, 6.07) is 11.6. The fourth-order valence-corrected chi connectivity index (χ4v) is 2.60. The minimum absolute atomic E-state index is 0.0159. The van der Waals surface area contributed by atoms with Gasteiger partial charge >= 0.3 is 0 Å². The van der Waals surface area contributed by atoms with E-state index in [2.05, 4.69) is 6.07 Å². The number of ketones is 1. The van der Waals surface area contributed by atoms with Gasteiger partial charge in [0.2, 0.25) is 5.78 Å². The number of rotatable bonds is 4. The Kier molecular flexibility index (Phi) is 3.24. The van der Waals surface area contributed by atoms with Gasteiger partial charge in [0.1, 0.15) is 5.76 Å². The first kappa shape index (κ1) is 12.2. The molecule has 1 saturated carbocycles. The summed E-state index contributed by atoms with van der Waals surface area (Å²) in [6.07, 6.45) is 4.48. The Balaban J connectivity index is 1.94. The quantitative estimate of drug-likeness (QED) is 0.760. The third-order valence-electron chi connectivity index (χ3n) is 3.98. The number of benzene rings is 1. The molecule has 98 valence electrons. The molecule has 0 spiro atoms. The van der Waals surface area contributed by atoms with Gasteiger partial charge in [0.15, 0.2) is 5.76 Å². The van der Waals surface area contributed by atoms with Crippen molar-refractivity contribution in [2.24, 2.45) is 0 Å². The van der Waals surface area contributed by atoms with Gasteiger partial charge in [0.05, 0.1) is 0 Å². The van der Waals surface area contributed by atoms with E-state index in [-0.39, 0.29) is 5.78 Å². The van der Waals surface area contributed by atoms with E-state index in [1.54, 1.807) is 6.07 Å². The smallest absolute Gasteiger partial charge is 0.228 e. The zero-order valence-corrected chi connectivity index (χ0v) is 11.2. The number of hydrogen-bond acceptors (Lipinski definition) is 2. The maximum absolute atomic E-state index is 12.5. The van der Waals surface area contributed by atoms with Gasteiger partial charge in [-0.25, -0.2) is 0 Å². The Morgan fingerprint density at radius 2 is 2.00 bits per heavy atom. The first-order valence-electron chi connectivity index (χ1n) is 7.02. The van der Waals surface area contributed by atoms with Crippen molar-refractivity contribution >= 4 is 5.78 Å². The molecular weight excluding hydrogens is 236 g/mol. The lowest BCUT2D eigenvalue weighted by molar-refractivity contribution is 0.101. The first-order valence-corrected chi connectivity index (χ1v) is 7.02. The van der Waals surface area contributed by atoms with Gasteiger partial charge < -0.3 is 4.42 Å². The van der Waals surface area contributed by atoms with Crippen molar-refractivity contribution < 1.29 is 9.21 Å². The molecule has 1 heterocycles. The van der Waals surface area contributed by atoms with Gasteiger partial charge in [-0.1, -0.05) is 37.6 Å². The minimum atomic E-state index is 0.0159. The van der Waals surface area contributed by atoms with Crippen LogP contribution in [0.3, 0.4) is 0 Å². The monoisotopic (exact) mass is 254 g/mol. The third-order valence-corrected chi connectivity index (χ3v) is 3.98. The molecule has 0 amide bonds. The molecule has 2 aromatic rings. The Bertz CT molecular complexity index is 591. The van der Waals surface area contributed by atoms with Crippen molar-refractivity contribution in [1.29, 1.82) is 0 Å². The molecule has 0 saturated heterocycles. The minimum Gasteiger partial charge on any atom is -0.458 e. The van der Waals surface area contributed by atoms with Crippen LogP contribution in [0.2, 0.25) is 0 Å². The van der Waals surface area contributed by atoms with E-state index >= 15 is 0 Å². The van der Waals surface area contributed by atoms with Crippen molar-refractivity contribution in [2.75, 3.05) is 0 Å². The highest BCUT2D eigenvalue weighted by molar-refractivity contribution is 6.08. The Labute approximate surface area is 113 Å². The van der Waals surface area contributed by atoms with Gasteiger partial charge in [0, 0.05) is 12.0 Å². The maximum Gasteiger partial charge on any atom is 0.228 e. The average molecular weight is 254 g/mol. The van der Waals surface area contributed by atoms with Crippen molar-refractivity contribution in [2.45, 2.75) is 38.5 Å². The summed E-state index contributed by atoms with van der Waals surface area (Å²) >= 11 is 0. The summed E-state index contributed by atoms with van der Waals surface area (Å²) in [5, 5.41) is 0. The van der Waals surface area contributed by atoms with Crippen LogP contribution in [-0.2, 0) is 6.42 Å². The summed E-state index contributed by atoms with van der Waals surface area (Å²) in [5.41, 5.74) is 2.00. The van der Waals surface area contributed by atoms with Gasteiger partial charge in [-0.05, 0) is 36.5 Å². The van der Waals surface area contributed by atoms with E-state index < -0.39 is 0 Å². The molecule has 0 bridgehead atoms. The van der Waals surface area contributed by atoms with Crippen LogP contribution in [0.15, 0.2) is 40.8 Å². The van der Waals surface area contributed by atoms with Crippen LogP contribution in [0, 0.1) is 0 Å². The molecule has 1 aliphatic rings. The molecule has 2 heteroatoms. The van der Waals surface area contributed by atoms with Gasteiger partial charge in [-0.15, -0.1) is 0 Å². The maximum atomic E-state index is 12.5. The summed E-state index contributed by atoms with van der Waals surface area (Å²) in [5.74, 6) is 1.90. The molecular formula is C17H18O2. The van der Waals surface area contributed by atoms with Crippen molar-refractivity contribution in [3.05, 3.63) is 59.0 Å². The fourth-order valence-electron chi connectivity index (χ4n) is 2.60. The predicted octanol–water partition coefficient (Wildman–Crippen LogP) is 4.34. The number of carbonyl (C=O) groups excluding carboxylic acids is 1. The zero-order valence-electron chi connectivity index (χ0n) is 11.2. The van der Waals surface area contributed by atoms with E-state index in [1.165, 1.54) is 24.8 Å². The van der Waals surface area contributed by atoms with Gasteiger partial charge in [-0.2, -0.15) is 0 Å². The second-order valence-corrected chi connectivity index (χ2v) is 5.16. The summed E-state index contributed by atoms with van der Waals surface area (Å²) in [6.45, 7) is 2.02. The predicted molar refractivity (Wildman–Crippen MR) is 74.6 cm³/mol. The zero-order chi connectivity index (χ0) is 13.2. The van der Waals surface area contributed by atoms with E-state index in [0.717, 1.165) is 17.7 Å². The SMILES string of the molecule is CCc1ccc(C(=O)c2ccccc2C2CCC2)o1. The Morgan fingerprint density at radius 1 is 1.21 bits per heavy atom. The molecule has 1 fully saturated rings. The largest absolute Gasteiger partial charge is 0.458 e. The Hall–Kier alpha value is -1.83. The van der Waals surface area contributed by atoms with E-state index in [4.69, 9.17) is 4.42 Å². The third kappa shape index (κ3) is 2.23. The lowest BCUT2D eigenvalue weighted by atomic mass is 9.77. The van der Waals surface area contributed by atoms with Gasteiger partial charge in [-0.3, -0.25) is 4.79 Å². The molecule has 2 nitrogen and oxygen atoms in total. The van der Waals surface area contributed by atoms with Crippen LogP contribution < -0.4 is 0 Å². The van der Waals surface area contributed by atoms with Crippen LogP contribution >= 0.6 is 0 Å². The highest BCUT2D eigenvalue weighted by Gasteiger charge is 2.25. The summed E-state index contributed by atoms with van der Waals surface area (Å²) in [7, 11) is 0. The highest BCUT2D eigenvalue weighted by atomic mass is 16.3. The molecule has 0 N–H and O–H groups in total. The molecule has 1 aliphatic carbocycles. The molecule has 0 atom stereocenters. The van der Waals surface area contributed by atoms with Crippen LogP contribution in [0.4, 0.5) is 0 Å². The average Bonchev–Trinajstić information content (AvgIpc) is 2.85. The fraction of sp³-hybridized carbons (Fsp3) is 0.353. The summed E-state index contributed by atoms with van der Waals surface area (Å²) in [4.78, 5) is 12.5.